The molecule has 4 nitrogen and oxygen atoms in total. The summed E-state index contributed by atoms with van der Waals surface area (Å²) < 4.78 is 10.3. The Morgan fingerprint density at radius 1 is 0.667 bits per heavy atom. The first kappa shape index (κ1) is 18.2. The molecule has 0 saturated carbocycles. The first-order valence-corrected chi connectivity index (χ1v) is 8.13. The van der Waals surface area contributed by atoms with E-state index in [4.69, 9.17) is 33.9 Å². The van der Waals surface area contributed by atoms with Gasteiger partial charge in [-0.15, -0.1) is 0 Å². The van der Waals surface area contributed by atoms with Crippen LogP contribution in [0.5, 0.6) is 11.5 Å². The second kappa shape index (κ2) is 8.08. The third-order valence-corrected chi connectivity index (χ3v) is 4.71. The molecule has 0 heterocycles. The van der Waals surface area contributed by atoms with Gasteiger partial charge in [-0.3, -0.25) is 10.0 Å². The molecule has 2 aromatic rings. The number of benzene rings is 2. The molecule has 0 radical (unpaired) electrons. The van der Waals surface area contributed by atoms with Gasteiger partial charge in [0.15, 0.2) is 0 Å². The number of ether oxygens (including phenoxy) is 2. The maximum atomic E-state index is 5.57. The van der Waals surface area contributed by atoms with Gasteiger partial charge in [0, 0.05) is 25.2 Å². The number of hydrogen-bond acceptors (Lipinski definition) is 4. The zero-order chi connectivity index (χ0) is 17.7. The largest absolute Gasteiger partial charge is 0.497 e. The van der Waals surface area contributed by atoms with Crippen molar-refractivity contribution in [3.63, 3.8) is 0 Å². The Bertz CT molecular complexity index is 651. The molecule has 0 aromatic heterocycles. The molecule has 126 valence electrons. The Morgan fingerprint density at radius 3 is 1.21 bits per heavy atom. The van der Waals surface area contributed by atoms with Gasteiger partial charge in [0.2, 0.25) is 0 Å². The molecule has 0 bridgehead atoms. The molecule has 0 aliphatic carbocycles. The molecule has 0 unspecified atom stereocenters. The summed E-state index contributed by atoms with van der Waals surface area (Å²) in [5.41, 5.74) is 1.86. The summed E-state index contributed by atoms with van der Waals surface area (Å²) >= 11 is 11.1. The van der Waals surface area contributed by atoms with Crippen LogP contribution in [0.25, 0.3) is 0 Å². The molecule has 6 heteroatoms. The predicted octanol–water partition coefficient (Wildman–Crippen LogP) is 3.53. The fourth-order valence-corrected chi connectivity index (χ4v) is 2.63. The average Bonchev–Trinajstić information content (AvgIpc) is 2.65. The topological polar surface area (TPSA) is 24.9 Å². The molecule has 0 spiro atoms. The minimum Gasteiger partial charge on any atom is -0.497 e. The lowest BCUT2D eigenvalue weighted by Crippen LogP contribution is -2.44. The summed E-state index contributed by atoms with van der Waals surface area (Å²) in [4.78, 5) is 1.35. The molecule has 2 aromatic carbocycles. The van der Waals surface area contributed by atoms with E-state index in [-0.39, 0.29) is 0 Å². The Hall–Kier alpha value is -2.18. The van der Waals surface area contributed by atoms with E-state index < -0.39 is 0 Å². The molecular formula is C18H20N2O2S2. The molecule has 0 N–H and O–H groups in total. The van der Waals surface area contributed by atoms with Crippen molar-refractivity contribution in [3.8, 4) is 11.5 Å². The Morgan fingerprint density at radius 2 is 0.958 bits per heavy atom. The van der Waals surface area contributed by atoms with E-state index in [1.54, 1.807) is 14.2 Å². The zero-order valence-corrected chi connectivity index (χ0v) is 15.8. The number of hydrogen-bond donors (Lipinski definition) is 0. The fraction of sp³-hybridized carbons (Fsp3) is 0.222. The van der Waals surface area contributed by atoms with E-state index >= 15 is 0 Å². The van der Waals surface area contributed by atoms with E-state index in [0.29, 0.717) is 9.98 Å². The van der Waals surface area contributed by atoms with Gasteiger partial charge in [-0.25, -0.2) is 0 Å². The van der Waals surface area contributed by atoms with Crippen molar-refractivity contribution in [1.82, 2.24) is 10.0 Å². The monoisotopic (exact) mass is 360 g/mol. The van der Waals surface area contributed by atoms with Crippen LogP contribution in [0.2, 0.25) is 0 Å². The molecule has 0 fully saturated rings. The highest BCUT2D eigenvalue weighted by Gasteiger charge is 2.16. The van der Waals surface area contributed by atoms with Crippen LogP contribution >= 0.6 is 24.4 Å². The SMILES string of the molecule is COc1ccc(C(=S)N(C)N(C)C(=S)c2ccc(OC)cc2)cc1. The highest BCUT2D eigenvalue weighted by molar-refractivity contribution is 7.81. The van der Waals surface area contributed by atoms with Crippen LogP contribution in [0.15, 0.2) is 48.5 Å². The lowest BCUT2D eigenvalue weighted by molar-refractivity contribution is 0.217. The highest BCUT2D eigenvalue weighted by Crippen LogP contribution is 2.17. The van der Waals surface area contributed by atoms with E-state index in [1.807, 2.05) is 72.6 Å². The van der Waals surface area contributed by atoms with Crippen molar-refractivity contribution in [2.75, 3.05) is 28.3 Å². The van der Waals surface area contributed by atoms with Crippen molar-refractivity contribution in [2.45, 2.75) is 0 Å². The van der Waals surface area contributed by atoms with Gasteiger partial charge in [-0.1, -0.05) is 24.4 Å². The van der Waals surface area contributed by atoms with E-state index in [1.165, 1.54) is 0 Å². The quantitative estimate of drug-likeness (QED) is 0.611. The summed E-state index contributed by atoms with van der Waals surface area (Å²) in [6.07, 6.45) is 0. The predicted molar refractivity (Wildman–Crippen MR) is 105 cm³/mol. The van der Waals surface area contributed by atoms with Gasteiger partial charge < -0.3 is 9.47 Å². The standard InChI is InChI=1S/C18H20N2O2S2/c1-19(17(23)13-5-9-15(21-3)10-6-13)20(2)18(24)14-7-11-16(22-4)12-8-14/h5-12H,1-4H3. The van der Waals surface area contributed by atoms with Crippen molar-refractivity contribution >= 4 is 34.4 Å². The summed E-state index contributed by atoms with van der Waals surface area (Å²) in [6, 6.07) is 15.3. The van der Waals surface area contributed by atoms with Gasteiger partial charge in [0.05, 0.1) is 14.2 Å². The van der Waals surface area contributed by atoms with Gasteiger partial charge in [0.25, 0.3) is 0 Å². The van der Waals surface area contributed by atoms with Gasteiger partial charge >= 0.3 is 0 Å². The van der Waals surface area contributed by atoms with E-state index in [2.05, 4.69) is 0 Å². The summed E-state index contributed by atoms with van der Waals surface area (Å²) in [7, 11) is 7.06. The minimum absolute atomic E-state index is 0.677. The van der Waals surface area contributed by atoms with Crippen molar-refractivity contribution in [3.05, 3.63) is 59.7 Å². The zero-order valence-electron chi connectivity index (χ0n) is 14.1. The molecular weight excluding hydrogens is 340 g/mol. The third-order valence-electron chi connectivity index (χ3n) is 3.71. The second-order valence-electron chi connectivity index (χ2n) is 5.11. The Labute approximate surface area is 153 Å². The molecule has 0 saturated heterocycles. The third kappa shape index (κ3) is 4.01. The van der Waals surface area contributed by atoms with Crippen LogP contribution in [0.3, 0.4) is 0 Å². The lowest BCUT2D eigenvalue weighted by atomic mass is 10.2. The number of rotatable bonds is 4. The van der Waals surface area contributed by atoms with Crippen LogP contribution in [0.4, 0.5) is 0 Å². The maximum Gasteiger partial charge on any atom is 0.127 e. The molecule has 2 rings (SSSR count). The molecule has 0 atom stereocenters. The van der Waals surface area contributed by atoms with Gasteiger partial charge in [-0.05, 0) is 48.5 Å². The van der Waals surface area contributed by atoms with Crippen LogP contribution in [-0.4, -0.2) is 48.3 Å². The second-order valence-corrected chi connectivity index (χ2v) is 5.89. The first-order chi connectivity index (χ1) is 11.5. The molecule has 0 aliphatic heterocycles. The first-order valence-electron chi connectivity index (χ1n) is 7.32. The number of methoxy groups -OCH3 is 2. The summed E-state index contributed by atoms with van der Waals surface area (Å²) in [5, 5.41) is 3.70. The van der Waals surface area contributed by atoms with Gasteiger partial charge in [0.1, 0.15) is 21.5 Å². The minimum atomic E-state index is 0.677. The number of nitrogens with zero attached hydrogens (tertiary/aromatic N) is 2. The Kier molecular flexibility index (Phi) is 6.11. The van der Waals surface area contributed by atoms with E-state index in [9.17, 15) is 0 Å². The van der Waals surface area contributed by atoms with Crippen LogP contribution in [0.1, 0.15) is 11.1 Å². The number of hydrazine groups is 1. The van der Waals surface area contributed by atoms with Crippen molar-refractivity contribution < 1.29 is 9.47 Å². The van der Waals surface area contributed by atoms with Crippen LogP contribution < -0.4 is 9.47 Å². The molecule has 0 amide bonds. The van der Waals surface area contributed by atoms with E-state index in [0.717, 1.165) is 22.6 Å². The van der Waals surface area contributed by atoms with Crippen LogP contribution in [-0.2, 0) is 0 Å². The number of thiocarbonyl (C=S) groups is 2. The average molecular weight is 361 g/mol. The molecule has 24 heavy (non-hydrogen) atoms. The normalized spacial score (nSPS) is 10.0. The van der Waals surface area contributed by atoms with Gasteiger partial charge in [-0.2, -0.15) is 0 Å². The lowest BCUT2D eigenvalue weighted by Gasteiger charge is -2.32. The maximum absolute atomic E-state index is 5.57. The Balaban J connectivity index is 2.12. The molecule has 0 aliphatic rings. The summed E-state index contributed by atoms with van der Waals surface area (Å²) in [5.74, 6) is 1.60. The highest BCUT2D eigenvalue weighted by atomic mass is 32.1. The smallest absolute Gasteiger partial charge is 0.127 e. The fourth-order valence-electron chi connectivity index (χ4n) is 2.11. The van der Waals surface area contributed by atoms with Crippen molar-refractivity contribution in [1.29, 1.82) is 0 Å². The van der Waals surface area contributed by atoms with Crippen molar-refractivity contribution in [2.24, 2.45) is 0 Å². The summed E-state index contributed by atoms with van der Waals surface area (Å²) in [6.45, 7) is 0. The van der Waals surface area contributed by atoms with Crippen LogP contribution in [0, 0.1) is 0 Å².